The molecule has 0 aliphatic carbocycles. The minimum absolute atomic E-state index is 0.132. The molecule has 2 rings (SSSR count). The number of fused-ring (bicyclic) bond motifs is 1. The van der Waals surface area contributed by atoms with Gasteiger partial charge in [-0.05, 0) is 19.2 Å². The third-order valence-electron chi connectivity index (χ3n) is 3.16. The van der Waals surface area contributed by atoms with E-state index in [2.05, 4.69) is 15.6 Å². The van der Waals surface area contributed by atoms with Crippen LogP contribution in [-0.4, -0.2) is 35.6 Å². The maximum Gasteiger partial charge on any atom is 0.328 e. The summed E-state index contributed by atoms with van der Waals surface area (Å²) in [6.07, 6.45) is 0.180. The van der Waals surface area contributed by atoms with Gasteiger partial charge in [-0.25, -0.2) is 4.79 Å². The Kier molecular flexibility index (Phi) is 4.89. The smallest absolute Gasteiger partial charge is 0.328 e. The van der Waals surface area contributed by atoms with Gasteiger partial charge in [-0.15, -0.1) is 0 Å². The Morgan fingerprint density at radius 1 is 1.24 bits per heavy atom. The van der Waals surface area contributed by atoms with Gasteiger partial charge < -0.3 is 10.6 Å². The fraction of sp³-hybridized carbons (Fsp3) is 0.357. The minimum Gasteiger partial charge on any atom is -0.355 e. The van der Waals surface area contributed by atoms with Crippen molar-refractivity contribution in [3.63, 3.8) is 0 Å². The topological polar surface area (TPSA) is 96.0 Å². The van der Waals surface area contributed by atoms with E-state index < -0.39 is 11.2 Å². The Morgan fingerprint density at radius 3 is 2.76 bits per heavy atom. The van der Waals surface area contributed by atoms with Crippen LogP contribution in [0.2, 0.25) is 0 Å². The molecule has 0 saturated heterocycles. The largest absolute Gasteiger partial charge is 0.355 e. The van der Waals surface area contributed by atoms with E-state index in [1.165, 1.54) is 4.57 Å². The minimum atomic E-state index is -0.498. The molecule has 2 aromatic rings. The lowest BCUT2D eigenvalue weighted by Crippen LogP contribution is -2.34. The number of aryl methyl sites for hydroxylation is 1. The molecule has 7 nitrogen and oxygen atoms in total. The monoisotopic (exact) mass is 290 g/mol. The number of hydrogen-bond donors (Lipinski definition) is 3. The van der Waals surface area contributed by atoms with E-state index in [-0.39, 0.29) is 18.9 Å². The van der Waals surface area contributed by atoms with Crippen molar-refractivity contribution < 1.29 is 4.79 Å². The first kappa shape index (κ1) is 15.0. The van der Waals surface area contributed by atoms with Crippen LogP contribution in [0.5, 0.6) is 0 Å². The summed E-state index contributed by atoms with van der Waals surface area (Å²) in [5.74, 6) is -0.132. The predicted molar refractivity (Wildman–Crippen MR) is 80.4 cm³/mol. The third kappa shape index (κ3) is 3.57. The molecular weight excluding hydrogens is 272 g/mol. The maximum absolute atomic E-state index is 11.9. The van der Waals surface area contributed by atoms with Crippen LogP contribution in [0.4, 0.5) is 0 Å². The highest BCUT2D eigenvalue weighted by Crippen LogP contribution is 2.06. The zero-order chi connectivity index (χ0) is 15.2. The SMILES string of the molecule is CNCCNC(=O)CCn1c(=O)[nH]c(=O)c2ccccc21. The van der Waals surface area contributed by atoms with Crippen LogP contribution in [0.25, 0.3) is 10.9 Å². The van der Waals surface area contributed by atoms with E-state index >= 15 is 0 Å². The molecule has 0 unspecified atom stereocenters. The molecule has 112 valence electrons. The highest BCUT2D eigenvalue weighted by Gasteiger charge is 2.08. The number of benzene rings is 1. The number of carbonyl (C=O) groups excluding carboxylic acids is 1. The number of nitrogens with one attached hydrogen (secondary N) is 3. The van der Waals surface area contributed by atoms with Gasteiger partial charge in [0.2, 0.25) is 5.91 Å². The molecular formula is C14H18N4O3. The lowest BCUT2D eigenvalue weighted by Gasteiger charge is -2.09. The van der Waals surface area contributed by atoms with Crippen molar-refractivity contribution in [1.29, 1.82) is 0 Å². The highest BCUT2D eigenvalue weighted by molar-refractivity contribution is 5.78. The Hall–Kier alpha value is -2.41. The Labute approximate surface area is 121 Å². The third-order valence-corrected chi connectivity index (χ3v) is 3.16. The van der Waals surface area contributed by atoms with Gasteiger partial charge >= 0.3 is 5.69 Å². The van der Waals surface area contributed by atoms with Gasteiger partial charge in [-0.2, -0.15) is 0 Å². The Bertz CT molecular complexity index is 748. The van der Waals surface area contributed by atoms with Gasteiger partial charge in [0.25, 0.3) is 5.56 Å². The van der Waals surface area contributed by atoms with E-state index in [1.807, 2.05) is 0 Å². The molecule has 0 aliphatic rings. The van der Waals surface area contributed by atoms with Gasteiger partial charge in [0.15, 0.2) is 0 Å². The number of nitrogens with zero attached hydrogens (tertiary/aromatic N) is 1. The zero-order valence-corrected chi connectivity index (χ0v) is 11.8. The summed E-state index contributed by atoms with van der Waals surface area (Å²) < 4.78 is 1.41. The first-order chi connectivity index (χ1) is 10.1. The van der Waals surface area contributed by atoms with Crippen LogP contribution in [0, 0.1) is 0 Å². The number of aromatic amines is 1. The van der Waals surface area contributed by atoms with Crippen molar-refractivity contribution in [2.24, 2.45) is 0 Å². The van der Waals surface area contributed by atoms with Crippen LogP contribution >= 0.6 is 0 Å². The number of H-pyrrole nitrogens is 1. The van der Waals surface area contributed by atoms with Crippen LogP contribution in [0.15, 0.2) is 33.9 Å². The molecule has 0 atom stereocenters. The lowest BCUT2D eigenvalue weighted by molar-refractivity contribution is -0.121. The number of amides is 1. The first-order valence-corrected chi connectivity index (χ1v) is 6.76. The number of para-hydroxylation sites is 1. The molecule has 0 radical (unpaired) electrons. The van der Waals surface area contributed by atoms with Gasteiger partial charge in [0, 0.05) is 26.1 Å². The number of carbonyl (C=O) groups is 1. The molecule has 1 heterocycles. The second kappa shape index (κ2) is 6.85. The highest BCUT2D eigenvalue weighted by atomic mass is 16.2. The molecule has 0 bridgehead atoms. The molecule has 0 fully saturated rings. The normalized spacial score (nSPS) is 10.7. The van der Waals surface area contributed by atoms with Crippen molar-refractivity contribution in [2.75, 3.05) is 20.1 Å². The van der Waals surface area contributed by atoms with Crippen molar-refractivity contribution in [2.45, 2.75) is 13.0 Å². The second-order valence-electron chi connectivity index (χ2n) is 4.63. The number of likely N-dealkylation sites (N-methyl/N-ethyl adjacent to an activating group) is 1. The summed E-state index contributed by atoms with van der Waals surface area (Å²) in [5.41, 5.74) is -0.374. The average molecular weight is 290 g/mol. The van der Waals surface area contributed by atoms with Crippen LogP contribution in [-0.2, 0) is 11.3 Å². The summed E-state index contributed by atoms with van der Waals surface area (Å²) in [4.78, 5) is 37.5. The lowest BCUT2D eigenvalue weighted by atomic mass is 10.2. The molecule has 3 N–H and O–H groups in total. The van der Waals surface area contributed by atoms with E-state index in [0.717, 1.165) is 0 Å². The predicted octanol–water partition coefficient (Wildman–Crippen LogP) is -0.584. The van der Waals surface area contributed by atoms with E-state index in [1.54, 1.807) is 31.3 Å². The molecule has 1 aromatic heterocycles. The Balaban J connectivity index is 2.17. The molecule has 0 aliphatic heterocycles. The summed E-state index contributed by atoms with van der Waals surface area (Å²) in [6, 6.07) is 6.84. The molecule has 0 saturated carbocycles. The first-order valence-electron chi connectivity index (χ1n) is 6.76. The number of aromatic nitrogens is 2. The fourth-order valence-electron chi connectivity index (χ4n) is 2.09. The van der Waals surface area contributed by atoms with E-state index in [4.69, 9.17) is 0 Å². The standard InChI is InChI=1S/C14H18N4O3/c1-15-7-8-16-12(19)6-9-18-11-5-3-2-4-10(11)13(20)17-14(18)21/h2-5,15H,6-9H2,1H3,(H,16,19)(H,17,20,21). The average Bonchev–Trinajstić information content (AvgIpc) is 2.47. The molecule has 0 spiro atoms. The van der Waals surface area contributed by atoms with Crippen molar-refractivity contribution in [1.82, 2.24) is 20.2 Å². The second-order valence-corrected chi connectivity index (χ2v) is 4.63. The summed E-state index contributed by atoms with van der Waals surface area (Å²) in [7, 11) is 1.80. The van der Waals surface area contributed by atoms with Crippen LogP contribution in [0.1, 0.15) is 6.42 Å². The fourth-order valence-corrected chi connectivity index (χ4v) is 2.09. The molecule has 1 amide bonds. The molecule has 21 heavy (non-hydrogen) atoms. The van der Waals surface area contributed by atoms with E-state index in [0.29, 0.717) is 24.0 Å². The summed E-state index contributed by atoms with van der Waals surface area (Å²) >= 11 is 0. The molecule has 7 heteroatoms. The summed E-state index contributed by atoms with van der Waals surface area (Å²) in [6.45, 7) is 1.45. The zero-order valence-electron chi connectivity index (χ0n) is 11.8. The number of rotatable bonds is 6. The van der Waals surface area contributed by atoms with Gasteiger partial charge in [0.1, 0.15) is 0 Å². The number of hydrogen-bond acceptors (Lipinski definition) is 4. The summed E-state index contributed by atoms with van der Waals surface area (Å²) in [5, 5.41) is 6.11. The van der Waals surface area contributed by atoms with Crippen molar-refractivity contribution >= 4 is 16.8 Å². The van der Waals surface area contributed by atoms with E-state index in [9.17, 15) is 14.4 Å². The van der Waals surface area contributed by atoms with Crippen LogP contribution in [0.3, 0.4) is 0 Å². The quantitative estimate of drug-likeness (QED) is 0.620. The van der Waals surface area contributed by atoms with Gasteiger partial charge in [0.05, 0.1) is 10.9 Å². The van der Waals surface area contributed by atoms with Crippen LogP contribution < -0.4 is 21.9 Å². The van der Waals surface area contributed by atoms with Crippen molar-refractivity contribution in [3.05, 3.63) is 45.1 Å². The maximum atomic E-state index is 11.9. The van der Waals surface area contributed by atoms with Gasteiger partial charge in [-0.1, -0.05) is 12.1 Å². The van der Waals surface area contributed by atoms with Gasteiger partial charge in [-0.3, -0.25) is 19.1 Å². The Morgan fingerprint density at radius 2 is 2.00 bits per heavy atom. The molecule has 1 aromatic carbocycles. The van der Waals surface area contributed by atoms with Crippen molar-refractivity contribution in [3.8, 4) is 0 Å².